The summed E-state index contributed by atoms with van der Waals surface area (Å²) >= 11 is 6.98. The highest BCUT2D eigenvalue weighted by Gasteiger charge is 2.35. The lowest BCUT2D eigenvalue weighted by Crippen LogP contribution is -2.51. The average Bonchev–Trinajstić information content (AvgIpc) is 3.53. The molecule has 1 atom stereocenters. The number of aromatic nitrogens is 1. The SMILES string of the molecule is CC[C@H](C(=O)NC1CCCC1)N(C(=O)c1snc(C(=O)NC2CCCCC2)c1N)c1ccc(Cl)cc1. The summed E-state index contributed by atoms with van der Waals surface area (Å²) in [5.74, 6) is -1.03. The van der Waals surface area contributed by atoms with Crippen LogP contribution in [-0.4, -0.2) is 40.2 Å². The molecule has 8 nitrogen and oxygen atoms in total. The van der Waals surface area contributed by atoms with E-state index in [2.05, 4.69) is 15.0 Å². The van der Waals surface area contributed by atoms with Crippen molar-refractivity contribution in [1.82, 2.24) is 15.0 Å². The Morgan fingerprint density at radius 3 is 2.22 bits per heavy atom. The molecule has 0 radical (unpaired) electrons. The van der Waals surface area contributed by atoms with E-state index < -0.39 is 11.9 Å². The van der Waals surface area contributed by atoms with Crippen LogP contribution in [0.2, 0.25) is 5.02 Å². The van der Waals surface area contributed by atoms with Crippen molar-refractivity contribution in [2.75, 3.05) is 10.6 Å². The Balaban J connectivity index is 1.60. The summed E-state index contributed by atoms with van der Waals surface area (Å²) in [6.07, 6.45) is 9.67. The monoisotopic (exact) mass is 531 g/mol. The van der Waals surface area contributed by atoms with Gasteiger partial charge in [0.05, 0.1) is 5.69 Å². The second-order valence-corrected chi connectivity index (χ2v) is 10.9. The van der Waals surface area contributed by atoms with E-state index in [1.54, 1.807) is 24.3 Å². The largest absolute Gasteiger partial charge is 0.395 e. The zero-order valence-electron chi connectivity index (χ0n) is 20.6. The summed E-state index contributed by atoms with van der Waals surface area (Å²) in [5.41, 5.74) is 6.95. The molecule has 194 valence electrons. The summed E-state index contributed by atoms with van der Waals surface area (Å²) in [6.45, 7) is 1.87. The molecule has 1 aromatic carbocycles. The van der Waals surface area contributed by atoms with Gasteiger partial charge in [-0.05, 0) is 67.9 Å². The first kappa shape index (κ1) is 26.4. The number of halogens is 1. The van der Waals surface area contributed by atoms with Gasteiger partial charge in [-0.15, -0.1) is 0 Å². The van der Waals surface area contributed by atoms with Gasteiger partial charge in [-0.2, -0.15) is 4.37 Å². The Labute approximate surface area is 221 Å². The van der Waals surface area contributed by atoms with E-state index in [1.165, 1.54) is 11.3 Å². The lowest BCUT2D eigenvalue weighted by molar-refractivity contribution is -0.123. The van der Waals surface area contributed by atoms with Crippen molar-refractivity contribution in [3.05, 3.63) is 39.9 Å². The highest BCUT2D eigenvalue weighted by molar-refractivity contribution is 7.09. The topological polar surface area (TPSA) is 117 Å². The molecular formula is C26H34ClN5O3S. The van der Waals surface area contributed by atoms with Gasteiger partial charge in [-0.25, -0.2) is 0 Å². The first-order valence-corrected chi connectivity index (χ1v) is 14.0. The van der Waals surface area contributed by atoms with Crippen LogP contribution in [0.15, 0.2) is 24.3 Å². The number of nitrogen functional groups attached to an aromatic ring is 1. The fourth-order valence-electron chi connectivity index (χ4n) is 5.12. The standard InChI is InChI=1S/C26H34ClN5O3S/c1-2-20(24(33)29-17-10-6-7-11-17)32(19-14-12-16(27)13-15-19)26(35)23-21(28)22(31-36-23)25(34)30-18-8-4-3-5-9-18/h12-15,17-18,20H,2-11,28H2,1H3,(H,29,33)(H,30,34)/t20-/m1/s1. The van der Waals surface area contributed by atoms with Crippen LogP contribution in [0.25, 0.3) is 0 Å². The minimum Gasteiger partial charge on any atom is -0.395 e. The number of nitrogens with zero attached hydrogens (tertiary/aromatic N) is 2. The van der Waals surface area contributed by atoms with Gasteiger partial charge in [-0.1, -0.05) is 50.6 Å². The Morgan fingerprint density at radius 1 is 1.03 bits per heavy atom. The van der Waals surface area contributed by atoms with Gasteiger partial charge in [0, 0.05) is 22.8 Å². The van der Waals surface area contributed by atoms with Crippen LogP contribution < -0.4 is 21.3 Å². The maximum absolute atomic E-state index is 13.9. The van der Waals surface area contributed by atoms with E-state index >= 15 is 0 Å². The molecule has 0 aliphatic heterocycles. The maximum Gasteiger partial charge on any atom is 0.273 e. The maximum atomic E-state index is 13.9. The lowest BCUT2D eigenvalue weighted by Gasteiger charge is -2.31. The predicted octanol–water partition coefficient (Wildman–Crippen LogP) is 4.93. The molecule has 2 aromatic rings. The highest BCUT2D eigenvalue weighted by atomic mass is 35.5. The Bertz CT molecular complexity index is 1080. The van der Waals surface area contributed by atoms with E-state index in [9.17, 15) is 14.4 Å². The summed E-state index contributed by atoms with van der Waals surface area (Å²) in [4.78, 5) is 41.7. The minimum atomic E-state index is -0.750. The Hall–Kier alpha value is -2.65. The molecular weight excluding hydrogens is 498 g/mol. The quantitative estimate of drug-likeness (QED) is 0.446. The highest BCUT2D eigenvalue weighted by Crippen LogP contribution is 2.30. The van der Waals surface area contributed by atoms with Crippen LogP contribution in [0.3, 0.4) is 0 Å². The van der Waals surface area contributed by atoms with Crippen LogP contribution in [0, 0.1) is 0 Å². The summed E-state index contributed by atoms with van der Waals surface area (Å²) in [6, 6.07) is 6.24. The predicted molar refractivity (Wildman–Crippen MR) is 144 cm³/mol. The van der Waals surface area contributed by atoms with Gasteiger partial charge >= 0.3 is 0 Å². The normalized spacial score (nSPS) is 17.5. The van der Waals surface area contributed by atoms with E-state index in [1.807, 2.05) is 6.92 Å². The third-order valence-electron chi connectivity index (χ3n) is 7.10. The second kappa shape index (κ2) is 12.1. The first-order valence-electron chi connectivity index (χ1n) is 12.8. The Morgan fingerprint density at radius 2 is 1.61 bits per heavy atom. The molecule has 2 aliphatic carbocycles. The average molecular weight is 532 g/mol. The minimum absolute atomic E-state index is 0.0447. The number of amides is 3. The van der Waals surface area contributed by atoms with E-state index in [0.717, 1.165) is 62.9 Å². The number of nitrogens with one attached hydrogen (secondary N) is 2. The third-order valence-corrected chi connectivity index (χ3v) is 8.21. The zero-order chi connectivity index (χ0) is 25.7. The number of anilines is 2. The molecule has 1 heterocycles. The van der Waals surface area contributed by atoms with E-state index in [4.69, 9.17) is 17.3 Å². The first-order chi connectivity index (χ1) is 17.4. The number of hydrogen-bond acceptors (Lipinski definition) is 6. The molecule has 4 rings (SSSR count). The number of benzene rings is 1. The van der Waals surface area contributed by atoms with Crippen molar-refractivity contribution in [2.24, 2.45) is 0 Å². The van der Waals surface area contributed by atoms with Crippen molar-refractivity contribution in [1.29, 1.82) is 0 Å². The molecule has 0 bridgehead atoms. The molecule has 10 heteroatoms. The van der Waals surface area contributed by atoms with Crippen LogP contribution in [0.5, 0.6) is 0 Å². The molecule has 36 heavy (non-hydrogen) atoms. The number of carbonyl (C=O) groups is 3. The van der Waals surface area contributed by atoms with E-state index in [0.29, 0.717) is 17.1 Å². The smallest absolute Gasteiger partial charge is 0.273 e. The molecule has 2 saturated carbocycles. The third kappa shape index (κ3) is 6.00. The molecule has 4 N–H and O–H groups in total. The Kier molecular flexibility index (Phi) is 8.85. The van der Waals surface area contributed by atoms with Gasteiger partial charge in [0.1, 0.15) is 10.9 Å². The molecule has 0 unspecified atom stereocenters. The summed E-state index contributed by atoms with van der Waals surface area (Å²) in [7, 11) is 0. The molecule has 0 spiro atoms. The van der Waals surface area contributed by atoms with Crippen LogP contribution in [0.4, 0.5) is 11.4 Å². The number of carbonyl (C=O) groups excluding carboxylic acids is 3. The van der Waals surface area contributed by atoms with Gasteiger partial charge < -0.3 is 16.4 Å². The summed E-state index contributed by atoms with van der Waals surface area (Å²) in [5, 5.41) is 6.65. The van der Waals surface area contributed by atoms with Crippen molar-refractivity contribution >= 4 is 52.2 Å². The number of nitrogens with two attached hydrogens (primary N) is 1. The lowest BCUT2D eigenvalue weighted by atomic mass is 9.95. The molecule has 0 saturated heterocycles. The number of hydrogen-bond donors (Lipinski definition) is 3. The van der Waals surface area contributed by atoms with Gasteiger partial charge in [0.2, 0.25) is 5.91 Å². The van der Waals surface area contributed by atoms with Crippen molar-refractivity contribution < 1.29 is 14.4 Å². The fraction of sp³-hybridized carbons (Fsp3) is 0.538. The van der Waals surface area contributed by atoms with Crippen molar-refractivity contribution in [2.45, 2.75) is 89.3 Å². The van der Waals surface area contributed by atoms with Crippen LogP contribution >= 0.6 is 23.1 Å². The van der Waals surface area contributed by atoms with Crippen LogP contribution in [-0.2, 0) is 4.79 Å². The zero-order valence-corrected chi connectivity index (χ0v) is 22.2. The van der Waals surface area contributed by atoms with Gasteiger partial charge in [0.25, 0.3) is 11.8 Å². The summed E-state index contributed by atoms with van der Waals surface area (Å²) < 4.78 is 4.24. The molecule has 2 aliphatic rings. The second-order valence-electron chi connectivity index (χ2n) is 9.65. The van der Waals surface area contributed by atoms with Crippen molar-refractivity contribution in [3.63, 3.8) is 0 Å². The molecule has 2 fully saturated rings. The molecule has 1 aromatic heterocycles. The van der Waals surface area contributed by atoms with Gasteiger partial charge in [-0.3, -0.25) is 19.3 Å². The van der Waals surface area contributed by atoms with Crippen LogP contribution in [0.1, 0.15) is 91.3 Å². The van der Waals surface area contributed by atoms with E-state index in [-0.39, 0.29) is 40.2 Å². The fourth-order valence-corrected chi connectivity index (χ4v) is 5.98. The van der Waals surface area contributed by atoms with Crippen molar-refractivity contribution in [3.8, 4) is 0 Å². The number of rotatable bonds is 8. The molecule has 3 amide bonds. The van der Waals surface area contributed by atoms with Gasteiger partial charge in [0.15, 0.2) is 5.69 Å².